The number of para-hydroxylation sites is 1. The topological polar surface area (TPSA) is 59.9 Å². The highest BCUT2D eigenvalue weighted by molar-refractivity contribution is 7.98. The van der Waals surface area contributed by atoms with Crippen LogP contribution in [0.15, 0.2) is 59.1 Å². The van der Waals surface area contributed by atoms with Crippen LogP contribution in [-0.2, 0) is 5.75 Å². The van der Waals surface area contributed by atoms with Crippen LogP contribution in [0.4, 0.5) is 5.82 Å². The Morgan fingerprint density at radius 1 is 1.07 bits per heavy atom. The Kier molecular flexibility index (Phi) is 5.08. The second-order valence-corrected chi connectivity index (χ2v) is 8.75. The van der Waals surface area contributed by atoms with Gasteiger partial charge in [-0.15, -0.1) is 11.3 Å². The van der Waals surface area contributed by atoms with E-state index in [1.165, 1.54) is 12.8 Å². The fraction of sp³-hybridized carbons (Fsp3) is 0.227. The fourth-order valence-corrected chi connectivity index (χ4v) is 4.70. The van der Waals surface area contributed by atoms with Crippen molar-refractivity contribution in [3.63, 3.8) is 0 Å². The normalized spacial score (nSPS) is 13.6. The lowest BCUT2D eigenvalue weighted by atomic mass is 10.2. The van der Waals surface area contributed by atoms with Crippen LogP contribution in [-0.4, -0.2) is 28.1 Å². The van der Waals surface area contributed by atoms with Crippen LogP contribution in [0.3, 0.4) is 0 Å². The SMILES string of the molecule is COc1ccc(-c2nc(CSc3nc(NC4CC4)c4ccccc4n3)cs2)cc1. The van der Waals surface area contributed by atoms with E-state index < -0.39 is 0 Å². The van der Waals surface area contributed by atoms with E-state index in [1.54, 1.807) is 30.2 Å². The molecule has 0 bridgehead atoms. The van der Waals surface area contributed by atoms with Crippen LogP contribution in [0.2, 0.25) is 0 Å². The van der Waals surface area contributed by atoms with Crippen molar-refractivity contribution in [3.8, 4) is 16.3 Å². The van der Waals surface area contributed by atoms with Gasteiger partial charge < -0.3 is 10.1 Å². The van der Waals surface area contributed by atoms with Crippen LogP contribution in [0.1, 0.15) is 18.5 Å². The molecule has 0 saturated heterocycles. The molecule has 1 saturated carbocycles. The number of ether oxygens (including phenoxy) is 1. The lowest BCUT2D eigenvalue weighted by Crippen LogP contribution is -2.05. The zero-order valence-electron chi connectivity index (χ0n) is 16.0. The van der Waals surface area contributed by atoms with E-state index in [4.69, 9.17) is 19.7 Å². The molecule has 0 unspecified atom stereocenters. The van der Waals surface area contributed by atoms with E-state index in [0.29, 0.717) is 6.04 Å². The molecule has 2 heterocycles. The Bertz CT molecular complexity index is 1140. The monoisotopic (exact) mass is 420 g/mol. The molecule has 5 rings (SSSR count). The quantitative estimate of drug-likeness (QED) is 0.309. The molecule has 2 aromatic heterocycles. The number of nitrogens with zero attached hydrogens (tertiary/aromatic N) is 3. The lowest BCUT2D eigenvalue weighted by molar-refractivity contribution is 0.415. The Morgan fingerprint density at radius 3 is 2.69 bits per heavy atom. The minimum atomic E-state index is 0.553. The lowest BCUT2D eigenvalue weighted by Gasteiger charge is -2.09. The zero-order chi connectivity index (χ0) is 19.6. The highest BCUT2D eigenvalue weighted by atomic mass is 32.2. The van der Waals surface area contributed by atoms with Gasteiger partial charge in [0.25, 0.3) is 0 Å². The number of hydrogen-bond donors (Lipinski definition) is 1. The molecule has 2 aromatic carbocycles. The van der Waals surface area contributed by atoms with Gasteiger partial charge in [0.1, 0.15) is 16.6 Å². The van der Waals surface area contributed by atoms with Gasteiger partial charge in [0.05, 0.1) is 18.3 Å². The van der Waals surface area contributed by atoms with Gasteiger partial charge in [0.15, 0.2) is 5.16 Å². The molecule has 0 spiro atoms. The van der Waals surface area contributed by atoms with Gasteiger partial charge in [-0.25, -0.2) is 15.0 Å². The number of nitrogens with one attached hydrogen (secondary N) is 1. The first-order valence-corrected chi connectivity index (χ1v) is 11.4. The smallest absolute Gasteiger partial charge is 0.190 e. The van der Waals surface area contributed by atoms with Crippen molar-refractivity contribution in [3.05, 3.63) is 59.6 Å². The summed E-state index contributed by atoms with van der Waals surface area (Å²) < 4.78 is 5.23. The molecule has 1 aliphatic carbocycles. The summed E-state index contributed by atoms with van der Waals surface area (Å²) in [6.45, 7) is 0. The molecule has 29 heavy (non-hydrogen) atoms. The predicted octanol–water partition coefficient (Wildman–Crippen LogP) is 5.63. The van der Waals surface area contributed by atoms with Crippen molar-refractivity contribution in [2.75, 3.05) is 12.4 Å². The van der Waals surface area contributed by atoms with Crippen molar-refractivity contribution in [1.29, 1.82) is 0 Å². The number of thioether (sulfide) groups is 1. The molecule has 0 atom stereocenters. The Hall–Kier alpha value is -2.64. The van der Waals surface area contributed by atoms with Gasteiger partial charge in [-0.3, -0.25) is 0 Å². The number of thiazole rings is 1. The molecular weight excluding hydrogens is 400 g/mol. The number of fused-ring (bicyclic) bond motifs is 1. The highest BCUT2D eigenvalue weighted by Gasteiger charge is 2.22. The van der Waals surface area contributed by atoms with Crippen LogP contribution in [0.25, 0.3) is 21.5 Å². The number of methoxy groups -OCH3 is 1. The largest absolute Gasteiger partial charge is 0.497 e. The molecule has 1 N–H and O–H groups in total. The van der Waals surface area contributed by atoms with Crippen molar-refractivity contribution >= 4 is 39.8 Å². The first-order valence-electron chi connectivity index (χ1n) is 9.53. The van der Waals surface area contributed by atoms with Crippen molar-refractivity contribution in [1.82, 2.24) is 15.0 Å². The molecule has 0 aliphatic heterocycles. The number of rotatable bonds is 7. The van der Waals surface area contributed by atoms with E-state index in [2.05, 4.69) is 16.8 Å². The highest BCUT2D eigenvalue weighted by Crippen LogP contribution is 2.32. The van der Waals surface area contributed by atoms with Crippen molar-refractivity contribution in [2.24, 2.45) is 0 Å². The third-order valence-corrected chi connectivity index (χ3v) is 6.56. The summed E-state index contributed by atoms with van der Waals surface area (Å²) in [6.07, 6.45) is 2.43. The van der Waals surface area contributed by atoms with E-state index in [0.717, 1.165) is 49.6 Å². The predicted molar refractivity (Wildman–Crippen MR) is 120 cm³/mol. The van der Waals surface area contributed by atoms with Crippen LogP contribution in [0, 0.1) is 0 Å². The van der Waals surface area contributed by atoms with E-state index in [1.807, 2.05) is 42.5 Å². The molecule has 4 aromatic rings. The second kappa shape index (κ2) is 8.00. The Morgan fingerprint density at radius 2 is 1.90 bits per heavy atom. The molecule has 146 valence electrons. The number of hydrogen-bond acceptors (Lipinski definition) is 7. The summed E-state index contributed by atoms with van der Waals surface area (Å²) in [5, 5.41) is 8.53. The summed E-state index contributed by atoms with van der Waals surface area (Å²) in [6, 6.07) is 16.7. The third kappa shape index (κ3) is 4.21. The van der Waals surface area contributed by atoms with Gasteiger partial charge in [-0.2, -0.15) is 0 Å². The zero-order valence-corrected chi connectivity index (χ0v) is 17.6. The fourth-order valence-electron chi connectivity index (χ4n) is 3.03. The standard InChI is InChI=1S/C22H20N4OS2/c1-27-17-10-6-14(7-11-17)21-24-16(12-28-21)13-29-22-25-19-5-3-2-4-18(19)20(26-22)23-15-8-9-15/h2-7,10-12,15H,8-9,13H2,1H3,(H,23,25,26). The summed E-state index contributed by atoms with van der Waals surface area (Å²) in [4.78, 5) is 14.3. The van der Waals surface area contributed by atoms with Crippen LogP contribution >= 0.6 is 23.1 Å². The number of anilines is 1. The van der Waals surface area contributed by atoms with Gasteiger partial charge in [-0.05, 0) is 49.2 Å². The van der Waals surface area contributed by atoms with E-state index in [-0.39, 0.29) is 0 Å². The molecule has 1 aliphatic rings. The minimum Gasteiger partial charge on any atom is -0.497 e. The average molecular weight is 421 g/mol. The molecule has 5 nitrogen and oxygen atoms in total. The van der Waals surface area contributed by atoms with E-state index >= 15 is 0 Å². The van der Waals surface area contributed by atoms with Crippen LogP contribution in [0.5, 0.6) is 5.75 Å². The molecular formula is C22H20N4OS2. The first kappa shape index (κ1) is 18.4. The maximum Gasteiger partial charge on any atom is 0.190 e. The molecule has 0 radical (unpaired) electrons. The van der Waals surface area contributed by atoms with Gasteiger partial charge >= 0.3 is 0 Å². The number of benzene rings is 2. The third-order valence-electron chi connectivity index (χ3n) is 4.74. The maximum atomic E-state index is 5.23. The second-order valence-electron chi connectivity index (χ2n) is 6.95. The van der Waals surface area contributed by atoms with Gasteiger partial charge in [-0.1, -0.05) is 23.9 Å². The Labute approximate surface area is 177 Å². The summed E-state index contributed by atoms with van der Waals surface area (Å²) in [5.41, 5.74) is 3.12. The molecule has 0 amide bonds. The van der Waals surface area contributed by atoms with Gasteiger partial charge in [0.2, 0.25) is 0 Å². The van der Waals surface area contributed by atoms with Crippen molar-refractivity contribution < 1.29 is 4.74 Å². The number of aromatic nitrogens is 3. The molecule has 7 heteroatoms. The van der Waals surface area contributed by atoms with E-state index in [9.17, 15) is 0 Å². The maximum absolute atomic E-state index is 5.23. The Balaban J connectivity index is 1.33. The molecule has 1 fully saturated rings. The average Bonchev–Trinajstić information content (AvgIpc) is 3.46. The summed E-state index contributed by atoms with van der Waals surface area (Å²) in [7, 11) is 1.67. The van der Waals surface area contributed by atoms with Crippen LogP contribution < -0.4 is 10.1 Å². The minimum absolute atomic E-state index is 0.553. The van der Waals surface area contributed by atoms with Crippen molar-refractivity contribution in [2.45, 2.75) is 29.8 Å². The summed E-state index contributed by atoms with van der Waals surface area (Å²) in [5.74, 6) is 2.54. The van der Waals surface area contributed by atoms with Gasteiger partial charge in [0, 0.05) is 28.1 Å². The summed E-state index contributed by atoms with van der Waals surface area (Å²) >= 11 is 3.28. The first-order chi connectivity index (χ1) is 14.3.